The van der Waals surface area contributed by atoms with E-state index >= 15 is 0 Å². The topological polar surface area (TPSA) is 54.3 Å². The van der Waals surface area contributed by atoms with E-state index in [0.717, 1.165) is 24.5 Å². The van der Waals surface area contributed by atoms with Crippen LogP contribution in [0.1, 0.15) is 25.8 Å². The van der Waals surface area contributed by atoms with E-state index in [-0.39, 0.29) is 0 Å². The third-order valence-electron chi connectivity index (χ3n) is 2.75. The molecule has 0 aliphatic heterocycles. The molecule has 1 aromatic carbocycles. The zero-order valence-corrected chi connectivity index (χ0v) is 11.9. The molecular formula is C15H22N2O2. The summed E-state index contributed by atoms with van der Waals surface area (Å²) in [6.07, 6.45) is 1.07. The van der Waals surface area contributed by atoms with E-state index in [0.29, 0.717) is 24.6 Å². The van der Waals surface area contributed by atoms with Gasteiger partial charge in [-0.15, -0.1) is 0 Å². The van der Waals surface area contributed by atoms with Crippen LogP contribution in [0.3, 0.4) is 0 Å². The summed E-state index contributed by atoms with van der Waals surface area (Å²) in [4.78, 5) is 0. The van der Waals surface area contributed by atoms with Crippen molar-refractivity contribution in [2.45, 2.75) is 20.3 Å². The lowest BCUT2D eigenvalue weighted by molar-refractivity contribution is 0.132. The Morgan fingerprint density at radius 3 is 2.74 bits per heavy atom. The molecule has 0 atom stereocenters. The van der Waals surface area contributed by atoms with Gasteiger partial charge in [-0.3, -0.25) is 0 Å². The molecule has 4 nitrogen and oxygen atoms in total. The van der Waals surface area contributed by atoms with Crippen LogP contribution in [-0.2, 0) is 4.74 Å². The molecular weight excluding hydrogens is 240 g/mol. The first kappa shape index (κ1) is 15.3. The van der Waals surface area contributed by atoms with Crippen molar-refractivity contribution in [2.75, 3.05) is 32.2 Å². The van der Waals surface area contributed by atoms with Crippen LogP contribution in [0.4, 0.5) is 5.69 Å². The van der Waals surface area contributed by atoms with E-state index in [1.807, 2.05) is 6.07 Å². The summed E-state index contributed by atoms with van der Waals surface area (Å²) >= 11 is 0. The molecule has 0 radical (unpaired) electrons. The van der Waals surface area contributed by atoms with Gasteiger partial charge in [-0.1, -0.05) is 13.8 Å². The smallest absolute Gasteiger partial charge is 0.121 e. The zero-order valence-electron chi connectivity index (χ0n) is 11.9. The SMILES string of the molecule is COc1ccc(C#N)c(NCCOCCC(C)C)c1. The number of nitrogens with zero attached hydrogens (tertiary/aromatic N) is 1. The van der Waals surface area contributed by atoms with Crippen LogP contribution in [0, 0.1) is 17.2 Å². The third kappa shape index (κ3) is 5.62. The van der Waals surface area contributed by atoms with Gasteiger partial charge in [0.15, 0.2) is 0 Å². The quantitative estimate of drug-likeness (QED) is 0.732. The van der Waals surface area contributed by atoms with Gasteiger partial charge in [-0.25, -0.2) is 0 Å². The molecule has 19 heavy (non-hydrogen) atoms. The second kappa shape index (κ2) is 8.39. The van der Waals surface area contributed by atoms with Gasteiger partial charge in [0.25, 0.3) is 0 Å². The van der Waals surface area contributed by atoms with Gasteiger partial charge in [0.05, 0.1) is 25.0 Å². The van der Waals surface area contributed by atoms with Crippen LogP contribution in [0.25, 0.3) is 0 Å². The highest BCUT2D eigenvalue weighted by Gasteiger charge is 2.03. The Labute approximate surface area is 115 Å². The summed E-state index contributed by atoms with van der Waals surface area (Å²) in [5, 5.41) is 12.2. The van der Waals surface area contributed by atoms with Gasteiger partial charge in [-0.05, 0) is 24.5 Å². The summed E-state index contributed by atoms with van der Waals surface area (Å²) < 4.78 is 10.7. The molecule has 1 aromatic rings. The van der Waals surface area contributed by atoms with Crippen LogP contribution in [-0.4, -0.2) is 26.9 Å². The van der Waals surface area contributed by atoms with E-state index < -0.39 is 0 Å². The fourth-order valence-electron chi connectivity index (χ4n) is 1.57. The van der Waals surface area contributed by atoms with Gasteiger partial charge in [0.1, 0.15) is 11.8 Å². The highest BCUT2D eigenvalue weighted by atomic mass is 16.5. The van der Waals surface area contributed by atoms with Crippen molar-refractivity contribution in [2.24, 2.45) is 5.92 Å². The first-order chi connectivity index (χ1) is 9.17. The molecule has 0 spiro atoms. The second-order valence-corrected chi connectivity index (χ2v) is 4.74. The monoisotopic (exact) mass is 262 g/mol. The Balaban J connectivity index is 2.38. The molecule has 0 bridgehead atoms. The van der Waals surface area contributed by atoms with Crippen LogP contribution in [0.5, 0.6) is 5.75 Å². The van der Waals surface area contributed by atoms with Crippen molar-refractivity contribution in [3.63, 3.8) is 0 Å². The molecule has 0 aliphatic carbocycles. The number of nitriles is 1. The second-order valence-electron chi connectivity index (χ2n) is 4.74. The van der Waals surface area contributed by atoms with Crippen LogP contribution >= 0.6 is 0 Å². The van der Waals surface area contributed by atoms with E-state index in [9.17, 15) is 0 Å². The average Bonchev–Trinajstić information content (AvgIpc) is 2.42. The highest BCUT2D eigenvalue weighted by Crippen LogP contribution is 2.21. The van der Waals surface area contributed by atoms with Crippen LogP contribution in [0.2, 0.25) is 0 Å². The van der Waals surface area contributed by atoms with Gasteiger partial charge in [-0.2, -0.15) is 5.26 Å². The van der Waals surface area contributed by atoms with Gasteiger partial charge in [0, 0.05) is 19.2 Å². The van der Waals surface area contributed by atoms with Crippen LogP contribution in [0.15, 0.2) is 18.2 Å². The molecule has 0 saturated heterocycles. The molecule has 1 rings (SSSR count). The maximum atomic E-state index is 9.02. The Bertz CT molecular complexity index is 425. The van der Waals surface area contributed by atoms with Crippen molar-refractivity contribution < 1.29 is 9.47 Å². The fraction of sp³-hybridized carbons (Fsp3) is 0.533. The number of hydrogen-bond acceptors (Lipinski definition) is 4. The average molecular weight is 262 g/mol. The Hall–Kier alpha value is -1.73. The largest absolute Gasteiger partial charge is 0.497 e. The third-order valence-corrected chi connectivity index (χ3v) is 2.75. The summed E-state index contributed by atoms with van der Waals surface area (Å²) in [5.74, 6) is 1.40. The van der Waals surface area contributed by atoms with Crippen molar-refractivity contribution in [1.82, 2.24) is 0 Å². The molecule has 0 fully saturated rings. The summed E-state index contributed by atoms with van der Waals surface area (Å²) in [6.45, 7) is 6.45. The maximum absolute atomic E-state index is 9.02. The van der Waals surface area contributed by atoms with Crippen molar-refractivity contribution in [1.29, 1.82) is 5.26 Å². The predicted octanol–water partition coefficient (Wildman–Crippen LogP) is 3.04. The Morgan fingerprint density at radius 2 is 2.11 bits per heavy atom. The Morgan fingerprint density at radius 1 is 1.32 bits per heavy atom. The van der Waals surface area contributed by atoms with E-state index in [1.165, 1.54) is 0 Å². The number of ether oxygens (including phenoxy) is 2. The molecule has 0 saturated carbocycles. The molecule has 0 amide bonds. The van der Waals surface area contributed by atoms with Crippen molar-refractivity contribution >= 4 is 5.69 Å². The lowest BCUT2D eigenvalue weighted by Gasteiger charge is -2.11. The predicted molar refractivity (Wildman–Crippen MR) is 76.5 cm³/mol. The van der Waals surface area contributed by atoms with E-state index in [2.05, 4.69) is 25.2 Å². The van der Waals surface area contributed by atoms with Crippen LogP contribution < -0.4 is 10.1 Å². The summed E-state index contributed by atoms with van der Waals surface area (Å²) in [6, 6.07) is 7.51. The van der Waals surface area contributed by atoms with E-state index in [4.69, 9.17) is 14.7 Å². The molecule has 4 heteroatoms. The van der Waals surface area contributed by atoms with Gasteiger partial charge >= 0.3 is 0 Å². The lowest BCUT2D eigenvalue weighted by Crippen LogP contribution is -2.11. The zero-order chi connectivity index (χ0) is 14.1. The number of methoxy groups -OCH3 is 1. The van der Waals surface area contributed by atoms with Crippen molar-refractivity contribution in [3.05, 3.63) is 23.8 Å². The molecule has 1 N–H and O–H groups in total. The minimum Gasteiger partial charge on any atom is -0.497 e. The lowest BCUT2D eigenvalue weighted by atomic mass is 10.1. The van der Waals surface area contributed by atoms with Crippen molar-refractivity contribution in [3.8, 4) is 11.8 Å². The number of benzene rings is 1. The fourth-order valence-corrected chi connectivity index (χ4v) is 1.57. The number of nitrogens with one attached hydrogen (secondary N) is 1. The molecule has 0 aliphatic rings. The first-order valence-corrected chi connectivity index (χ1v) is 6.57. The molecule has 0 heterocycles. The number of anilines is 1. The highest BCUT2D eigenvalue weighted by molar-refractivity contribution is 5.60. The van der Waals surface area contributed by atoms with Gasteiger partial charge in [0.2, 0.25) is 0 Å². The normalized spacial score (nSPS) is 10.3. The summed E-state index contributed by atoms with van der Waals surface area (Å²) in [5.41, 5.74) is 1.40. The first-order valence-electron chi connectivity index (χ1n) is 6.57. The van der Waals surface area contributed by atoms with Gasteiger partial charge < -0.3 is 14.8 Å². The standard InChI is InChI=1S/C15H22N2O2/c1-12(2)6-8-19-9-7-17-15-10-14(18-3)5-4-13(15)11-16/h4-5,10,12,17H,6-9H2,1-3H3. The maximum Gasteiger partial charge on any atom is 0.121 e. The number of rotatable bonds is 8. The molecule has 0 aromatic heterocycles. The number of hydrogen-bond donors (Lipinski definition) is 1. The minimum atomic E-state index is 0.614. The Kier molecular flexibility index (Phi) is 6.76. The van der Waals surface area contributed by atoms with E-state index in [1.54, 1.807) is 19.2 Å². The molecule has 0 unspecified atom stereocenters. The summed E-state index contributed by atoms with van der Waals surface area (Å²) in [7, 11) is 1.61. The minimum absolute atomic E-state index is 0.614. The molecule has 104 valence electrons.